The van der Waals surface area contributed by atoms with Crippen LogP contribution in [0.5, 0.6) is 0 Å². The second-order valence-electron chi connectivity index (χ2n) is 3.96. The molecule has 7 heteroatoms. The molecular formula is C12H18N2O4S. The van der Waals surface area contributed by atoms with Gasteiger partial charge in [0.1, 0.15) is 0 Å². The van der Waals surface area contributed by atoms with Gasteiger partial charge in [-0.15, -0.1) is 0 Å². The molecule has 0 aliphatic rings. The van der Waals surface area contributed by atoms with E-state index in [-0.39, 0.29) is 23.6 Å². The molecule has 0 fully saturated rings. The minimum absolute atomic E-state index is 0.0431. The van der Waals surface area contributed by atoms with Gasteiger partial charge < -0.3 is 15.8 Å². The number of hydrogen-bond donors (Lipinski definition) is 2. The van der Waals surface area contributed by atoms with E-state index < -0.39 is 15.8 Å². The predicted octanol–water partition coefficient (Wildman–Crippen LogP) is 0.902. The Morgan fingerprint density at radius 2 is 2.11 bits per heavy atom. The number of ether oxygens (including phenoxy) is 1. The van der Waals surface area contributed by atoms with Crippen LogP contribution in [-0.2, 0) is 14.6 Å². The molecule has 19 heavy (non-hydrogen) atoms. The van der Waals surface area contributed by atoms with Crippen molar-refractivity contribution in [2.75, 3.05) is 36.2 Å². The molecule has 0 amide bonds. The first-order chi connectivity index (χ1) is 8.89. The van der Waals surface area contributed by atoms with Crippen LogP contribution in [0.15, 0.2) is 18.2 Å². The molecule has 3 N–H and O–H groups in total. The first-order valence-corrected chi connectivity index (χ1v) is 7.64. The molecule has 0 atom stereocenters. The largest absolute Gasteiger partial charge is 0.465 e. The Morgan fingerprint density at radius 3 is 2.68 bits per heavy atom. The number of methoxy groups -OCH3 is 1. The summed E-state index contributed by atoms with van der Waals surface area (Å²) in [5.74, 6) is -0.368. The molecule has 1 aromatic carbocycles. The van der Waals surface area contributed by atoms with Crippen molar-refractivity contribution in [3.05, 3.63) is 23.8 Å². The van der Waals surface area contributed by atoms with Gasteiger partial charge in [0.15, 0.2) is 9.84 Å². The molecule has 106 valence electrons. The standard InChI is InChI=1S/C12H18N2O4S/c1-3-19(16,17)7-6-14-9-4-5-11(13)10(8-9)12(15)18-2/h4-5,8,14H,3,6-7,13H2,1-2H3. The summed E-state index contributed by atoms with van der Waals surface area (Å²) < 4.78 is 27.3. The number of carbonyl (C=O) groups is 1. The zero-order valence-electron chi connectivity index (χ0n) is 11.0. The average molecular weight is 286 g/mol. The Balaban J connectivity index is 2.73. The molecule has 0 heterocycles. The Hall–Kier alpha value is -1.76. The average Bonchev–Trinajstić information content (AvgIpc) is 2.39. The number of esters is 1. The fourth-order valence-electron chi connectivity index (χ4n) is 1.45. The summed E-state index contributed by atoms with van der Waals surface area (Å²) in [6.07, 6.45) is 0. The van der Waals surface area contributed by atoms with E-state index in [0.29, 0.717) is 11.4 Å². The molecule has 0 saturated heterocycles. The van der Waals surface area contributed by atoms with Crippen LogP contribution in [0.25, 0.3) is 0 Å². The van der Waals surface area contributed by atoms with Crippen LogP contribution in [-0.4, -0.2) is 39.5 Å². The van der Waals surface area contributed by atoms with E-state index in [0.717, 1.165) is 0 Å². The molecular weight excluding hydrogens is 268 g/mol. The maximum absolute atomic E-state index is 11.4. The Kier molecular flexibility index (Phi) is 5.17. The van der Waals surface area contributed by atoms with Crippen LogP contribution < -0.4 is 11.1 Å². The van der Waals surface area contributed by atoms with E-state index in [1.165, 1.54) is 7.11 Å². The van der Waals surface area contributed by atoms with Crippen molar-refractivity contribution in [1.29, 1.82) is 0 Å². The van der Waals surface area contributed by atoms with Crippen LogP contribution in [0.1, 0.15) is 17.3 Å². The quantitative estimate of drug-likeness (QED) is 0.595. The number of anilines is 2. The van der Waals surface area contributed by atoms with Crippen LogP contribution in [0, 0.1) is 0 Å². The molecule has 0 unspecified atom stereocenters. The van der Waals surface area contributed by atoms with Gasteiger partial charge in [0, 0.05) is 23.7 Å². The van der Waals surface area contributed by atoms with Crippen molar-refractivity contribution < 1.29 is 17.9 Å². The second kappa shape index (κ2) is 6.42. The van der Waals surface area contributed by atoms with Crippen LogP contribution >= 0.6 is 0 Å². The summed E-state index contributed by atoms with van der Waals surface area (Å²) in [5.41, 5.74) is 6.86. The van der Waals surface area contributed by atoms with E-state index in [1.807, 2.05) is 0 Å². The number of nitrogens with one attached hydrogen (secondary N) is 1. The van der Waals surface area contributed by atoms with Crippen molar-refractivity contribution in [2.45, 2.75) is 6.92 Å². The van der Waals surface area contributed by atoms with Gasteiger partial charge in [0.25, 0.3) is 0 Å². The normalized spacial score (nSPS) is 11.1. The number of nitrogens with two attached hydrogens (primary N) is 1. The first kappa shape index (κ1) is 15.3. The highest BCUT2D eigenvalue weighted by Crippen LogP contribution is 2.18. The zero-order valence-corrected chi connectivity index (χ0v) is 11.8. The molecule has 0 spiro atoms. The number of hydrogen-bond acceptors (Lipinski definition) is 6. The van der Waals surface area contributed by atoms with Crippen LogP contribution in [0.4, 0.5) is 11.4 Å². The highest BCUT2D eigenvalue weighted by atomic mass is 32.2. The first-order valence-electron chi connectivity index (χ1n) is 5.81. The van der Waals surface area contributed by atoms with E-state index in [2.05, 4.69) is 10.1 Å². The van der Waals surface area contributed by atoms with Gasteiger partial charge in [-0.1, -0.05) is 6.92 Å². The highest BCUT2D eigenvalue weighted by molar-refractivity contribution is 7.91. The fourth-order valence-corrected chi connectivity index (χ4v) is 2.15. The van der Waals surface area contributed by atoms with E-state index in [4.69, 9.17) is 5.73 Å². The highest BCUT2D eigenvalue weighted by Gasteiger charge is 2.11. The van der Waals surface area contributed by atoms with Crippen molar-refractivity contribution in [1.82, 2.24) is 0 Å². The van der Waals surface area contributed by atoms with Crippen LogP contribution in [0.3, 0.4) is 0 Å². The zero-order chi connectivity index (χ0) is 14.5. The number of carbonyl (C=O) groups excluding carboxylic acids is 1. The summed E-state index contributed by atoms with van der Waals surface area (Å²) in [4.78, 5) is 11.4. The fraction of sp³-hybridized carbons (Fsp3) is 0.417. The summed E-state index contributed by atoms with van der Waals surface area (Å²) in [7, 11) is -1.73. The molecule has 1 rings (SSSR count). The summed E-state index contributed by atoms with van der Waals surface area (Å²) in [5, 5.41) is 2.94. The lowest BCUT2D eigenvalue weighted by molar-refractivity contribution is 0.0602. The third kappa shape index (κ3) is 4.44. The number of sulfone groups is 1. The minimum Gasteiger partial charge on any atom is -0.465 e. The van der Waals surface area contributed by atoms with E-state index in [1.54, 1.807) is 25.1 Å². The maximum atomic E-state index is 11.4. The minimum atomic E-state index is -3.01. The number of benzene rings is 1. The number of nitrogen functional groups attached to an aromatic ring is 1. The van der Waals surface area contributed by atoms with Crippen molar-refractivity contribution in [2.24, 2.45) is 0 Å². The topological polar surface area (TPSA) is 98.5 Å². The van der Waals surface area contributed by atoms with Crippen molar-refractivity contribution in [3.63, 3.8) is 0 Å². The van der Waals surface area contributed by atoms with Gasteiger partial charge in [-0.05, 0) is 18.2 Å². The lowest BCUT2D eigenvalue weighted by Crippen LogP contribution is -2.17. The van der Waals surface area contributed by atoms with Gasteiger partial charge in [0.05, 0.1) is 18.4 Å². The Labute approximate surface area is 112 Å². The molecule has 0 aromatic heterocycles. The van der Waals surface area contributed by atoms with Gasteiger partial charge in [-0.3, -0.25) is 0 Å². The molecule has 0 radical (unpaired) electrons. The van der Waals surface area contributed by atoms with Gasteiger partial charge in [-0.2, -0.15) is 0 Å². The van der Waals surface area contributed by atoms with Crippen molar-refractivity contribution >= 4 is 27.2 Å². The second-order valence-corrected chi connectivity index (χ2v) is 6.43. The van der Waals surface area contributed by atoms with Gasteiger partial charge >= 0.3 is 5.97 Å². The monoisotopic (exact) mass is 286 g/mol. The molecule has 0 bridgehead atoms. The third-order valence-electron chi connectivity index (χ3n) is 2.64. The molecule has 6 nitrogen and oxygen atoms in total. The summed E-state index contributed by atoms with van der Waals surface area (Å²) >= 11 is 0. The van der Waals surface area contributed by atoms with Gasteiger partial charge in [-0.25, -0.2) is 13.2 Å². The lowest BCUT2D eigenvalue weighted by atomic mass is 10.1. The molecule has 0 aliphatic heterocycles. The predicted molar refractivity (Wildman–Crippen MR) is 75.0 cm³/mol. The molecule has 0 saturated carbocycles. The number of rotatable bonds is 6. The Bertz CT molecular complexity index is 555. The van der Waals surface area contributed by atoms with Gasteiger partial charge in [0.2, 0.25) is 0 Å². The Morgan fingerprint density at radius 1 is 1.42 bits per heavy atom. The van der Waals surface area contributed by atoms with Crippen molar-refractivity contribution in [3.8, 4) is 0 Å². The third-order valence-corrected chi connectivity index (χ3v) is 4.35. The van der Waals surface area contributed by atoms with E-state index in [9.17, 15) is 13.2 Å². The van der Waals surface area contributed by atoms with Crippen LogP contribution in [0.2, 0.25) is 0 Å². The SMILES string of the molecule is CCS(=O)(=O)CCNc1ccc(N)c(C(=O)OC)c1. The van der Waals surface area contributed by atoms with E-state index >= 15 is 0 Å². The smallest absolute Gasteiger partial charge is 0.340 e. The molecule has 1 aromatic rings. The summed E-state index contributed by atoms with van der Waals surface area (Å²) in [6.45, 7) is 1.88. The molecule has 0 aliphatic carbocycles. The maximum Gasteiger partial charge on any atom is 0.340 e. The lowest BCUT2D eigenvalue weighted by Gasteiger charge is -2.09. The summed E-state index contributed by atoms with van der Waals surface area (Å²) in [6, 6.07) is 4.79.